The molecule has 3 rings (SSSR count). The zero-order valence-electron chi connectivity index (χ0n) is 13.1. The first-order chi connectivity index (χ1) is 10.8. The molecule has 0 aromatic heterocycles. The molecule has 1 aromatic rings. The summed E-state index contributed by atoms with van der Waals surface area (Å²) in [7, 11) is 0. The minimum atomic E-state index is -0.0538. The summed E-state index contributed by atoms with van der Waals surface area (Å²) in [6.45, 7) is 7.27. The monoisotopic (exact) mass is 304 g/mol. The van der Waals surface area contributed by atoms with E-state index >= 15 is 0 Å². The summed E-state index contributed by atoms with van der Waals surface area (Å²) in [5.41, 5.74) is 1.77. The predicted octanol–water partition coefficient (Wildman–Crippen LogP) is 1.46. The Morgan fingerprint density at radius 1 is 1.41 bits per heavy atom. The molecule has 1 aromatic carbocycles. The van der Waals surface area contributed by atoms with Crippen LogP contribution < -0.4 is 10.1 Å². The zero-order chi connectivity index (χ0) is 15.4. The molecule has 120 valence electrons. The Morgan fingerprint density at radius 3 is 3.18 bits per heavy atom. The van der Waals surface area contributed by atoms with E-state index in [9.17, 15) is 4.79 Å². The molecule has 0 saturated carbocycles. The van der Waals surface area contributed by atoms with Crippen molar-refractivity contribution in [3.63, 3.8) is 0 Å². The number of morpholine rings is 1. The largest absolute Gasteiger partial charge is 0.492 e. The maximum Gasteiger partial charge on any atom is 0.255 e. The number of benzene rings is 1. The first-order valence-electron chi connectivity index (χ1n) is 8.14. The number of para-hydroxylation sites is 1. The third-order valence-electron chi connectivity index (χ3n) is 4.38. The van der Waals surface area contributed by atoms with Crippen LogP contribution in [0.15, 0.2) is 18.2 Å². The van der Waals surface area contributed by atoms with Gasteiger partial charge in [0.05, 0.1) is 24.9 Å². The van der Waals surface area contributed by atoms with Gasteiger partial charge in [-0.3, -0.25) is 9.69 Å². The highest BCUT2D eigenvalue weighted by atomic mass is 16.5. The summed E-state index contributed by atoms with van der Waals surface area (Å²) in [5.74, 6) is 0.702. The number of hydrogen-bond donors (Lipinski definition) is 1. The van der Waals surface area contributed by atoms with Gasteiger partial charge in [0.2, 0.25) is 0 Å². The van der Waals surface area contributed by atoms with Crippen LogP contribution >= 0.6 is 0 Å². The lowest BCUT2D eigenvalue weighted by Crippen LogP contribution is -2.43. The molecule has 2 heterocycles. The van der Waals surface area contributed by atoms with Crippen molar-refractivity contribution in [2.45, 2.75) is 25.9 Å². The van der Waals surface area contributed by atoms with Crippen LogP contribution in [0.25, 0.3) is 0 Å². The van der Waals surface area contributed by atoms with Gasteiger partial charge in [0, 0.05) is 26.1 Å². The lowest BCUT2D eigenvalue weighted by Gasteiger charge is -2.32. The molecule has 0 radical (unpaired) electrons. The third-order valence-corrected chi connectivity index (χ3v) is 4.38. The molecule has 22 heavy (non-hydrogen) atoms. The Bertz CT molecular complexity index is 533. The first-order valence-corrected chi connectivity index (χ1v) is 8.14. The number of hydrogen-bond acceptors (Lipinski definition) is 4. The molecule has 1 saturated heterocycles. The number of ether oxygens (including phenoxy) is 2. The molecule has 0 unspecified atom stereocenters. The van der Waals surface area contributed by atoms with E-state index in [1.54, 1.807) is 0 Å². The van der Waals surface area contributed by atoms with E-state index in [0.29, 0.717) is 18.7 Å². The topological polar surface area (TPSA) is 50.8 Å². The molecule has 2 aliphatic heterocycles. The van der Waals surface area contributed by atoms with Gasteiger partial charge >= 0.3 is 0 Å². The van der Waals surface area contributed by atoms with E-state index in [1.165, 1.54) is 0 Å². The van der Waals surface area contributed by atoms with Crippen molar-refractivity contribution in [2.24, 2.45) is 0 Å². The summed E-state index contributed by atoms with van der Waals surface area (Å²) in [4.78, 5) is 14.7. The van der Waals surface area contributed by atoms with Crippen molar-refractivity contribution < 1.29 is 14.3 Å². The van der Waals surface area contributed by atoms with E-state index < -0.39 is 0 Å². The molecule has 0 bridgehead atoms. The highest BCUT2D eigenvalue weighted by Crippen LogP contribution is 2.29. The second-order valence-electron chi connectivity index (χ2n) is 5.82. The zero-order valence-corrected chi connectivity index (χ0v) is 13.1. The number of carbonyl (C=O) groups excluding carboxylic acids is 1. The fourth-order valence-corrected chi connectivity index (χ4v) is 3.08. The molecule has 1 fully saturated rings. The molecule has 1 amide bonds. The van der Waals surface area contributed by atoms with E-state index in [1.807, 2.05) is 18.2 Å². The van der Waals surface area contributed by atoms with Crippen LogP contribution in [0, 0.1) is 0 Å². The van der Waals surface area contributed by atoms with Crippen LogP contribution in [-0.4, -0.2) is 56.3 Å². The molecule has 5 nitrogen and oxygen atoms in total. The standard InChI is InChI=1S/C17H24N2O3/c1-2-19-9-11-21-14(12-19)6-8-18-17(20)15-5-3-4-13-7-10-22-16(13)15/h3-5,14H,2,6-12H2,1H3,(H,18,20)/t14-/m0/s1. The molecule has 0 aliphatic carbocycles. The number of amides is 1. The summed E-state index contributed by atoms with van der Waals surface area (Å²) in [6, 6.07) is 5.77. The van der Waals surface area contributed by atoms with E-state index in [-0.39, 0.29) is 12.0 Å². The molecule has 2 aliphatic rings. The van der Waals surface area contributed by atoms with Gasteiger partial charge in [0.15, 0.2) is 0 Å². The molecule has 5 heteroatoms. The Morgan fingerprint density at radius 2 is 2.32 bits per heavy atom. The Hall–Kier alpha value is -1.59. The van der Waals surface area contributed by atoms with Crippen molar-refractivity contribution in [3.8, 4) is 5.75 Å². The number of rotatable bonds is 5. The third kappa shape index (κ3) is 3.42. The number of likely N-dealkylation sites (N-methyl/N-ethyl adjacent to an activating group) is 1. The smallest absolute Gasteiger partial charge is 0.255 e. The Kier molecular flexibility index (Phi) is 4.95. The van der Waals surface area contributed by atoms with Crippen molar-refractivity contribution >= 4 is 5.91 Å². The van der Waals surface area contributed by atoms with E-state index in [2.05, 4.69) is 17.1 Å². The summed E-state index contributed by atoms with van der Waals surface area (Å²) < 4.78 is 11.3. The number of fused-ring (bicyclic) bond motifs is 1. The second kappa shape index (κ2) is 7.11. The molecular formula is C17H24N2O3. The summed E-state index contributed by atoms with van der Waals surface area (Å²) in [6.07, 6.45) is 1.95. The lowest BCUT2D eigenvalue weighted by molar-refractivity contribution is -0.0296. The number of carbonyl (C=O) groups is 1. The van der Waals surface area contributed by atoms with Gasteiger partial charge in [-0.05, 0) is 24.6 Å². The van der Waals surface area contributed by atoms with Gasteiger partial charge in [0.25, 0.3) is 5.91 Å². The minimum Gasteiger partial charge on any atom is -0.492 e. The quantitative estimate of drug-likeness (QED) is 0.895. The molecule has 1 atom stereocenters. The maximum atomic E-state index is 12.3. The summed E-state index contributed by atoms with van der Waals surface area (Å²) >= 11 is 0. The van der Waals surface area contributed by atoms with Crippen LogP contribution in [0.1, 0.15) is 29.3 Å². The lowest BCUT2D eigenvalue weighted by atomic mass is 10.1. The van der Waals surface area contributed by atoms with Crippen LogP contribution in [-0.2, 0) is 11.2 Å². The molecule has 0 spiro atoms. The van der Waals surface area contributed by atoms with Gasteiger partial charge in [0.1, 0.15) is 5.75 Å². The van der Waals surface area contributed by atoms with Crippen molar-refractivity contribution in [3.05, 3.63) is 29.3 Å². The van der Waals surface area contributed by atoms with Gasteiger partial charge in [-0.1, -0.05) is 19.1 Å². The molecule has 1 N–H and O–H groups in total. The average Bonchev–Trinajstić information content (AvgIpc) is 3.03. The Balaban J connectivity index is 1.50. The normalized spacial score (nSPS) is 21.2. The van der Waals surface area contributed by atoms with Crippen LogP contribution in [0.2, 0.25) is 0 Å². The van der Waals surface area contributed by atoms with Crippen molar-refractivity contribution in [1.29, 1.82) is 0 Å². The molecular weight excluding hydrogens is 280 g/mol. The van der Waals surface area contributed by atoms with Crippen LogP contribution in [0.4, 0.5) is 0 Å². The minimum absolute atomic E-state index is 0.0538. The Labute approximate surface area is 131 Å². The van der Waals surface area contributed by atoms with Crippen LogP contribution in [0.3, 0.4) is 0 Å². The number of nitrogens with one attached hydrogen (secondary N) is 1. The average molecular weight is 304 g/mol. The highest BCUT2D eigenvalue weighted by molar-refractivity contribution is 5.97. The fraction of sp³-hybridized carbons (Fsp3) is 0.588. The van der Waals surface area contributed by atoms with Crippen molar-refractivity contribution in [2.75, 3.05) is 39.4 Å². The second-order valence-corrected chi connectivity index (χ2v) is 5.82. The maximum absolute atomic E-state index is 12.3. The van der Waals surface area contributed by atoms with E-state index in [4.69, 9.17) is 9.47 Å². The van der Waals surface area contributed by atoms with Gasteiger partial charge in [-0.2, -0.15) is 0 Å². The fourth-order valence-electron chi connectivity index (χ4n) is 3.08. The van der Waals surface area contributed by atoms with Crippen molar-refractivity contribution in [1.82, 2.24) is 10.2 Å². The van der Waals surface area contributed by atoms with Gasteiger partial charge in [-0.25, -0.2) is 0 Å². The van der Waals surface area contributed by atoms with Gasteiger partial charge < -0.3 is 14.8 Å². The summed E-state index contributed by atoms with van der Waals surface area (Å²) in [5, 5.41) is 2.99. The van der Waals surface area contributed by atoms with Crippen LogP contribution in [0.5, 0.6) is 5.75 Å². The van der Waals surface area contributed by atoms with E-state index in [0.717, 1.165) is 50.4 Å². The number of nitrogens with zero attached hydrogens (tertiary/aromatic N) is 1. The van der Waals surface area contributed by atoms with Gasteiger partial charge in [-0.15, -0.1) is 0 Å². The predicted molar refractivity (Wildman–Crippen MR) is 84.4 cm³/mol. The first kappa shape index (κ1) is 15.3. The SMILES string of the molecule is CCN1CCO[C@@H](CCNC(=O)c2cccc3c2OCC3)C1. The highest BCUT2D eigenvalue weighted by Gasteiger charge is 2.22.